The van der Waals surface area contributed by atoms with E-state index in [9.17, 15) is 9.18 Å². The second-order valence-electron chi connectivity index (χ2n) is 5.26. The summed E-state index contributed by atoms with van der Waals surface area (Å²) in [5.74, 6) is -0.371. The van der Waals surface area contributed by atoms with Crippen LogP contribution in [-0.2, 0) is 17.8 Å². The molecule has 0 bridgehead atoms. The quantitative estimate of drug-likeness (QED) is 0.857. The van der Waals surface area contributed by atoms with Crippen molar-refractivity contribution in [1.29, 1.82) is 0 Å². The molecule has 1 unspecified atom stereocenters. The van der Waals surface area contributed by atoms with Crippen LogP contribution in [0.15, 0.2) is 48.5 Å². The van der Waals surface area contributed by atoms with E-state index in [0.717, 1.165) is 17.7 Å². The lowest BCUT2D eigenvalue weighted by Crippen LogP contribution is -2.37. The topological polar surface area (TPSA) is 41.1 Å². The largest absolute Gasteiger partial charge is 0.374 e. The SMILES string of the molecule is CCc1ccc(NC(C)C(=O)NCc2ccc(F)cc2)cc1. The van der Waals surface area contributed by atoms with Crippen LogP contribution in [0.2, 0.25) is 0 Å². The Balaban J connectivity index is 1.84. The van der Waals surface area contributed by atoms with Crippen molar-refractivity contribution in [2.45, 2.75) is 32.9 Å². The van der Waals surface area contributed by atoms with E-state index >= 15 is 0 Å². The number of aryl methyl sites for hydroxylation is 1. The lowest BCUT2D eigenvalue weighted by atomic mass is 10.1. The Morgan fingerprint density at radius 3 is 2.23 bits per heavy atom. The molecule has 1 atom stereocenters. The number of carbonyl (C=O) groups is 1. The Hall–Kier alpha value is -2.36. The van der Waals surface area contributed by atoms with Crippen LogP contribution in [0.1, 0.15) is 25.0 Å². The van der Waals surface area contributed by atoms with Gasteiger partial charge in [0.1, 0.15) is 11.9 Å². The van der Waals surface area contributed by atoms with E-state index < -0.39 is 0 Å². The highest BCUT2D eigenvalue weighted by Gasteiger charge is 2.12. The number of rotatable bonds is 6. The first kappa shape index (κ1) is 16.0. The second-order valence-corrected chi connectivity index (χ2v) is 5.26. The van der Waals surface area contributed by atoms with E-state index in [0.29, 0.717) is 6.54 Å². The number of amides is 1. The highest BCUT2D eigenvalue weighted by Crippen LogP contribution is 2.11. The van der Waals surface area contributed by atoms with Crippen molar-refractivity contribution in [3.8, 4) is 0 Å². The Bertz CT molecular complexity index is 608. The summed E-state index contributed by atoms with van der Waals surface area (Å²) in [5, 5.41) is 6.00. The highest BCUT2D eigenvalue weighted by molar-refractivity contribution is 5.84. The van der Waals surface area contributed by atoms with Crippen molar-refractivity contribution in [3.63, 3.8) is 0 Å². The Morgan fingerprint density at radius 1 is 1.05 bits per heavy atom. The van der Waals surface area contributed by atoms with Crippen molar-refractivity contribution >= 4 is 11.6 Å². The van der Waals surface area contributed by atoms with Crippen molar-refractivity contribution < 1.29 is 9.18 Å². The average Bonchev–Trinajstić information content (AvgIpc) is 2.54. The fourth-order valence-corrected chi connectivity index (χ4v) is 2.10. The predicted molar refractivity (Wildman–Crippen MR) is 87.2 cm³/mol. The minimum absolute atomic E-state index is 0.0936. The summed E-state index contributed by atoms with van der Waals surface area (Å²) < 4.78 is 12.8. The molecule has 3 nitrogen and oxygen atoms in total. The van der Waals surface area contributed by atoms with Gasteiger partial charge in [-0.3, -0.25) is 4.79 Å². The predicted octanol–water partition coefficient (Wildman–Crippen LogP) is 3.50. The fraction of sp³-hybridized carbons (Fsp3) is 0.278. The third-order valence-corrected chi connectivity index (χ3v) is 3.52. The molecule has 0 saturated carbocycles. The van der Waals surface area contributed by atoms with E-state index in [1.54, 1.807) is 12.1 Å². The molecule has 0 radical (unpaired) electrons. The smallest absolute Gasteiger partial charge is 0.242 e. The van der Waals surface area contributed by atoms with Crippen LogP contribution in [0.4, 0.5) is 10.1 Å². The van der Waals surface area contributed by atoms with Crippen molar-refractivity contribution in [3.05, 3.63) is 65.5 Å². The molecule has 116 valence electrons. The standard InChI is InChI=1S/C18H21FN2O/c1-3-14-6-10-17(11-7-14)21-13(2)18(22)20-12-15-4-8-16(19)9-5-15/h4-11,13,21H,3,12H2,1-2H3,(H,20,22). The van der Waals surface area contributed by atoms with Gasteiger partial charge in [0.2, 0.25) is 5.91 Å². The molecule has 0 heterocycles. The van der Waals surface area contributed by atoms with Gasteiger partial charge < -0.3 is 10.6 Å². The van der Waals surface area contributed by atoms with E-state index in [4.69, 9.17) is 0 Å². The summed E-state index contributed by atoms with van der Waals surface area (Å²) >= 11 is 0. The van der Waals surface area contributed by atoms with Crippen LogP contribution < -0.4 is 10.6 Å². The van der Waals surface area contributed by atoms with Gasteiger partial charge >= 0.3 is 0 Å². The molecule has 0 aliphatic rings. The van der Waals surface area contributed by atoms with E-state index in [2.05, 4.69) is 17.6 Å². The summed E-state index contributed by atoms with van der Waals surface area (Å²) in [6, 6.07) is 13.8. The molecule has 0 saturated heterocycles. The number of halogens is 1. The molecule has 22 heavy (non-hydrogen) atoms. The molecule has 2 N–H and O–H groups in total. The van der Waals surface area contributed by atoms with Gasteiger partial charge in [0.25, 0.3) is 0 Å². The Kier molecular flexibility index (Phi) is 5.53. The number of hydrogen-bond donors (Lipinski definition) is 2. The average molecular weight is 300 g/mol. The summed E-state index contributed by atoms with van der Waals surface area (Å²) in [5.41, 5.74) is 3.05. The molecule has 0 aromatic heterocycles. The molecule has 0 spiro atoms. The van der Waals surface area contributed by atoms with Crippen molar-refractivity contribution in [2.24, 2.45) is 0 Å². The molecule has 0 aliphatic carbocycles. The summed E-state index contributed by atoms with van der Waals surface area (Å²) in [7, 11) is 0. The zero-order chi connectivity index (χ0) is 15.9. The van der Waals surface area contributed by atoms with Gasteiger partial charge in [-0.25, -0.2) is 4.39 Å². The third-order valence-electron chi connectivity index (χ3n) is 3.52. The number of anilines is 1. The van der Waals surface area contributed by atoms with Crippen LogP contribution in [0, 0.1) is 5.82 Å². The van der Waals surface area contributed by atoms with Gasteiger partial charge in [0, 0.05) is 12.2 Å². The van der Waals surface area contributed by atoms with Crippen LogP contribution >= 0.6 is 0 Å². The molecule has 4 heteroatoms. The van der Waals surface area contributed by atoms with Gasteiger partial charge in [-0.05, 0) is 48.7 Å². The molecule has 0 fully saturated rings. The minimum Gasteiger partial charge on any atom is -0.374 e. The zero-order valence-electron chi connectivity index (χ0n) is 12.9. The van der Waals surface area contributed by atoms with Crippen molar-refractivity contribution in [2.75, 3.05) is 5.32 Å². The molecular formula is C18H21FN2O. The molecule has 2 rings (SSSR count). The summed E-state index contributed by atoms with van der Waals surface area (Å²) in [4.78, 5) is 12.1. The lowest BCUT2D eigenvalue weighted by Gasteiger charge is -2.15. The maximum absolute atomic E-state index is 12.8. The Labute approximate surface area is 130 Å². The monoisotopic (exact) mass is 300 g/mol. The van der Waals surface area contributed by atoms with Crippen LogP contribution in [0.25, 0.3) is 0 Å². The van der Waals surface area contributed by atoms with Gasteiger partial charge in [-0.1, -0.05) is 31.2 Å². The first-order chi connectivity index (χ1) is 10.6. The number of nitrogens with one attached hydrogen (secondary N) is 2. The summed E-state index contributed by atoms with van der Waals surface area (Å²) in [6.07, 6.45) is 0.994. The molecule has 0 aliphatic heterocycles. The minimum atomic E-state index is -0.340. The van der Waals surface area contributed by atoms with E-state index in [1.807, 2.05) is 31.2 Å². The fourth-order valence-electron chi connectivity index (χ4n) is 2.10. The number of benzene rings is 2. The van der Waals surface area contributed by atoms with Crippen LogP contribution in [0.5, 0.6) is 0 Å². The maximum Gasteiger partial charge on any atom is 0.242 e. The molecular weight excluding hydrogens is 279 g/mol. The highest BCUT2D eigenvalue weighted by atomic mass is 19.1. The number of carbonyl (C=O) groups excluding carboxylic acids is 1. The molecule has 2 aromatic rings. The van der Waals surface area contributed by atoms with E-state index in [-0.39, 0.29) is 17.8 Å². The lowest BCUT2D eigenvalue weighted by molar-refractivity contribution is -0.121. The first-order valence-electron chi connectivity index (χ1n) is 7.46. The second kappa shape index (κ2) is 7.59. The van der Waals surface area contributed by atoms with Crippen molar-refractivity contribution in [1.82, 2.24) is 5.32 Å². The molecule has 2 aromatic carbocycles. The summed E-state index contributed by atoms with van der Waals surface area (Å²) in [6.45, 7) is 4.31. The Morgan fingerprint density at radius 2 is 1.64 bits per heavy atom. The van der Waals surface area contributed by atoms with Gasteiger partial charge in [-0.2, -0.15) is 0 Å². The van der Waals surface area contributed by atoms with Gasteiger partial charge in [-0.15, -0.1) is 0 Å². The van der Waals surface area contributed by atoms with Crippen LogP contribution in [-0.4, -0.2) is 11.9 Å². The third kappa shape index (κ3) is 4.58. The maximum atomic E-state index is 12.8. The van der Waals surface area contributed by atoms with E-state index in [1.165, 1.54) is 17.7 Å². The molecule has 1 amide bonds. The van der Waals surface area contributed by atoms with Gasteiger partial charge in [0.05, 0.1) is 0 Å². The van der Waals surface area contributed by atoms with Crippen LogP contribution in [0.3, 0.4) is 0 Å². The zero-order valence-corrected chi connectivity index (χ0v) is 12.9. The van der Waals surface area contributed by atoms with Gasteiger partial charge in [0.15, 0.2) is 0 Å². The normalized spacial score (nSPS) is 11.8. The number of hydrogen-bond acceptors (Lipinski definition) is 2. The first-order valence-corrected chi connectivity index (χ1v) is 7.46.